The lowest BCUT2D eigenvalue weighted by Gasteiger charge is -2.17. The summed E-state index contributed by atoms with van der Waals surface area (Å²) in [5, 5.41) is 4.47. The lowest BCUT2D eigenvalue weighted by atomic mass is 10.1. The van der Waals surface area contributed by atoms with Crippen LogP contribution in [0.5, 0.6) is 17.2 Å². The van der Waals surface area contributed by atoms with Crippen LogP contribution in [0.1, 0.15) is 12.8 Å². The molecular weight excluding hydrogens is 344 g/mol. The van der Waals surface area contributed by atoms with Crippen molar-refractivity contribution in [2.24, 2.45) is 0 Å². The highest BCUT2D eigenvalue weighted by molar-refractivity contribution is 5.66. The van der Waals surface area contributed by atoms with E-state index in [1.807, 2.05) is 53.2 Å². The summed E-state index contributed by atoms with van der Waals surface area (Å²) in [4.78, 5) is 0. The van der Waals surface area contributed by atoms with Crippen molar-refractivity contribution in [3.05, 3.63) is 54.7 Å². The van der Waals surface area contributed by atoms with E-state index in [0.29, 0.717) is 11.5 Å². The molecular formula is C21H22N2O4. The number of rotatable bonds is 6. The monoisotopic (exact) mass is 366 g/mol. The van der Waals surface area contributed by atoms with Gasteiger partial charge in [0.25, 0.3) is 0 Å². The van der Waals surface area contributed by atoms with Gasteiger partial charge < -0.3 is 18.9 Å². The third-order valence-corrected chi connectivity index (χ3v) is 4.57. The highest BCUT2D eigenvalue weighted by Gasteiger charge is 2.20. The van der Waals surface area contributed by atoms with Crippen LogP contribution in [0.15, 0.2) is 54.7 Å². The molecule has 1 aromatic heterocycles. The molecule has 0 spiro atoms. The molecule has 1 fully saturated rings. The maximum atomic E-state index is 6.02. The van der Waals surface area contributed by atoms with Gasteiger partial charge in [0.15, 0.2) is 17.8 Å². The number of ether oxygens (including phenoxy) is 4. The average Bonchev–Trinajstić information content (AvgIpc) is 3.40. The minimum atomic E-state index is -0.222. The van der Waals surface area contributed by atoms with Gasteiger partial charge in [-0.2, -0.15) is 5.10 Å². The maximum absolute atomic E-state index is 6.02. The minimum absolute atomic E-state index is 0.222. The lowest BCUT2D eigenvalue weighted by molar-refractivity contribution is -0.0402. The molecule has 0 aliphatic carbocycles. The topological polar surface area (TPSA) is 54.7 Å². The Kier molecular flexibility index (Phi) is 4.98. The summed E-state index contributed by atoms with van der Waals surface area (Å²) in [6.45, 7) is 0.733. The van der Waals surface area contributed by atoms with Crippen LogP contribution in [-0.2, 0) is 4.74 Å². The van der Waals surface area contributed by atoms with E-state index in [-0.39, 0.29) is 6.29 Å². The number of hydrogen-bond acceptors (Lipinski definition) is 5. The van der Waals surface area contributed by atoms with Crippen LogP contribution in [-0.4, -0.2) is 36.9 Å². The van der Waals surface area contributed by atoms with Crippen LogP contribution in [0.2, 0.25) is 0 Å². The van der Waals surface area contributed by atoms with Crippen LogP contribution in [0.3, 0.4) is 0 Å². The van der Waals surface area contributed by atoms with Gasteiger partial charge in [-0.3, -0.25) is 0 Å². The molecule has 0 radical (unpaired) electrons. The largest absolute Gasteiger partial charge is 0.497 e. The second-order valence-electron chi connectivity index (χ2n) is 6.25. The molecule has 2 aromatic carbocycles. The molecule has 1 unspecified atom stereocenters. The van der Waals surface area contributed by atoms with E-state index in [4.69, 9.17) is 18.9 Å². The first-order valence-electron chi connectivity index (χ1n) is 8.93. The Hall–Kier alpha value is -2.99. The number of methoxy groups -OCH3 is 2. The van der Waals surface area contributed by atoms with Crippen molar-refractivity contribution >= 4 is 0 Å². The fourth-order valence-electron chi connectivity index (χ4n) is 3.16. The van der Waals surface area contributed by atoms with E-state index in [9.17, 15) is 0 Å². The zero-order valence-corrected chi connectivity index (χ0v) is 15.4. The molecule has 1 saturated heterocycles. The van der Waals surface area contributed by atoms with Crippen LogP contribution in [0.25, 0.3) is 16.9 Å². The molecule has 1 aliphatic heterocycles. The molecule has 4 rings (SSSR count). The molecule has 27 heavy (non-hydrogen) atoms. The molecule has 2 heterocycles. The molecule has 0 saturated carbocycles. The quantitative estimate of drug-likeness (QED) is 0.658. The predicted octanol–water partition coefficient (Wildman–Crippen LogP) is 4.07. The fraction of sp³-hybridized carbons (Fsp3) is 0.286. The van der Waals surface area contributed by atoms with E-state index >= 15 is 0 Å². The van der Waals surface area contributed by atoms with Crippen LogP contribution in [0.4, 0.5) is 0 Å². The highest BCUT2D eigenvalue weighted by atomic mass is 16.7. The van der Waals surface area contributed by atoms with E-state index in [1.165, 1.54) is 0 Å². The normalized spacial score (nSPS) is 16.3. The number of nitrogens with zero attached hydrogens (tertiary/aromatic N) is 2. The second-order valence-corrected chi connectivity index (χ2v) is 6.25. The minimum Gasteiger partial charge on any atom is -0.497 e. The first kappa shape index (κ1) is 17.4. The standard InChI is InChI=1S/C21H22N2O4/c1-24-17-8-6-16(7-9-17)23-18(11-12-22-23)15-5-10-19(25-2)20(14-15)27-21-4-3-13-26-21/h5-12,14,21H,3-4,13H2,1-2H3. The zero-order chi connectivity index (χ0) is 18.6. The van der Waals surface area contributed by atoms with Crippen molar-refractivity contribution in [2.45, 2.75) is 19.1 Å². The number of hydrogen-bond donors (Lipinski definition) is 0. The van der Waals surface area contributed by atoms with Crippen LogP contribution >= 0.6 is 0 Å². The first-order chi connectivity index (χ1) is 13.3. The van der Waals surface area contributed by atoms with Gasteiger partial charge in [-0.1, -0.05) is 0 Å². The molecule has 0 bridgehead atoms. The summed E-state index contributed by atoms with van der Waals surface area (Å²) in [5.41, 5.74) is 2.89. The zero-order valence-electron chi connectivity index (χ0n) is 15.4. The molecule has 1 aliphatic rings. The fourth-order valence-corrected chi connectivity index (χ4v) is 3.16. The van der Waals surface area contributed by atoms with Crippen molar-refractivity contribution in [3.63, 3.8) is 0 Å². The van der Waals surface area contributed by atoms with Crippen molar-refractivity contribution in [1.29, 1.82) is 0 Å². The molecule has 0 N–H and O–H groups in total. The summed E-state index contributed by atoms with van der Waals surface area (Å²) < 4.78 is 24.2. The maximum Gasteiger partial charge on any atom is 0.200 e. The molecule has 6 nitrogen and oxygen atoms in total. The summed E-state index contributed by atoms with van der Waals surface area (Å²) in [7, 11) is 3.29. The summed E-state index contributed by atoms with van der Waals surface area (Å²) >= 11 is 0. The van der Waals surface area contributed by atoms with Crippen molar-refractivity contribution in [2.75, 3.05) is 20.8 Å². The molecule has 6 heteroatoms. The first-order valence-corrected chi connectivity index (χ1v) is 8.93. The lowest BCUT2D eigenvalue weighted by Crippen LogP contribution is -2.14. The Bertz CT molecular complexity index is 899. The summed E-state index contributed by atoms with van der Waals surface area (Å²) in [6.07, 6.45) is 3.46. The van der Waals surface area contributed by atoms with Gasteiger partial charge in [0, 0.05) is 12.0 Å². The van der Waals surface area contributed by atoms with Gasteiger partial charge in [-0.25, -0.2) is 4.68 Å². The van der Waals surface area contributed by atoms with Crippen LogP contribution < -0.4 is 14.2 Å². The van der Waals surface area contributed by atoms with Gasteiger partial charge in [-0.05, 0) is 55.0 Å². The Morgan fingerprint density at radius 3 is 2.56 bits per heavy atom. The van der Waals surface area contributed by atoms with Gasteiger partial charge in [0.2, 0.25) is 0 Å². The Labute approximate surface area is 158 Å². The predicted molar refractivity (Wildman–Crippen MR) is 102 cm³/mol. The molecule has 0 amide bonds. The number of aromatic nitrogens is 2. The van der Waals surface area contributed by atoms with E-state index in [0.717, 1.165) is 42.1 Å². The SMILES string of the molecule is COc1ccc(-n2nccc2-c2ccc(OC)c(OC3CCCO3)c2)cc1. The summed E-state index contributed by atoms with van der Waals surface area (Å²) in [6, 6.07) is 15.6. The summed E-state index contributed by atoms with van der Waals surface area (Å²) in [5.74, 6) is 2.17. The molecule has 140 valence electrons. The van der Waals surface area contributed by atoms with Crippen molar-refractivity contribution < 1.29 is 18.9 Å². The average molecular weight is 366 g/mol. The van der Waals surface area contributed by atoms with E-state index in [1.54, 1.807) is 20.4 Å². The van der Waals surface area contributed by atoms with Gasteiger partial charge in [0.1, 0.15) is 5.75 Å². The van der Waals surface area contributed by atoms with E-state index in [2.05, 4.69) is 5.10 Å². The van der Waals surface area contributed by atoms with E-state index < -0.39 is 0 Å². The highest BCUT2D eigenvalue weighted by Crippen LogP contribution is 2.35. The van der Waals surface area contributed by atoms with Crippen molar-refractivity contribution in [1.82, 2.24) is 9.78 Å². The van der Waals surface area contributed by atoms with Gasteiger partial charge in [-0.15, -0.1) is 0 Å². The van der Waals surface area contributed by atoms with Gasteiger partial charge in [0.05, 0.1) is 38.4 Å². The van der Waals surface area contributed by atoms with Crippen molar-refractivity contribution in [3.8, 4) is 34.2 Å². The third-order valence-electron chi connectivity index (χ3n) is 4.57. The van der Waals surface area contributed by atoms with Gasteiger partial charge >= 0.3 is 0 Å². The Balaban J connectivity index is 1.68. The molecule has 3 aromatic rings. The number of benzene rings is 2. The second kappa shape index (κ2) is 7.72. The Morgan fingerprint density at radius 1 is 1.00 bits per heavy atom. The van der Waals surface area contributed by atoms with Crippen LogP contribution in [0, 0.1) is 0 Å². The smallest absolute Gasteiger partial charge is 0.200 e. The molecule has 1 atom stereocenters. The third kappa shape index (κ3) is 3.61. The Morgan fingerprint density at radius 2 is 1.85 bits per heavy atom.